The molecule has 60 heavy (non-hydrogen) atoms. The molecular weight excluding hydrogens is 733 g/mol. The first-order valence-electron chi connectivity index (χ1n) is 20.3. The van der Waals surface area contributed by atoms with Gasteiger partial charge in [-0.25, -0.2) is 0 Å². The average molecular weight is 781 g/mol. The summed E-state index contributed by atoms with van der Waals surface area (Å²) < 4.78 is 12.1. The second-order valence-electron chi connectivity index (χ2n) is 14.6. The molecule has 0 amide bonds. The van der Waals surface area contributed by atoms with E-state index in [1.165, 1.54) is 0 Å². The molecule has 0 spiro atoms. The first-order chi connectivity index (χ1) is 29.6. The van der Waals surface area contributed by atoms with Crippen LogP contribution in [-0.2, 0) is 35.9 Å². The third-order valence-electron chi connectivity index (χ3n) is 10.5. The van der Waals surface area contributed by atoms with Crippen molar-refractivity contribution in [1.29, 1.82) is 0 Å². The summed E-state index contributed by atoms with van der Waals surface area (Å²) in [7, 11) is 0. The quantitative estimate of drug-likeness (QED) is 0.0919. The molecular formula is C56H48N2O2. The minimum atomic E-state index is 0.542. The molecule has 294 valence electrons. The van der Waals surface area contributed by atoms with Crippen molar-refractivity contribution >= 4 is 46.3 Å². The summed E-state index contributed by atoms with van der Waals surface area (Å²) in [4.78, 5) is 4.58. The van der Waals surface area contributed by atoms with Crippen LogP contribution in [0.1, 0.15) is 33.4 Å². The smallest absolute Gasteiger partial charge is 0.0721 e. The number of nitrogens with zero attached hydrogens (tertiary/aromatic N) is 2. The minimum Gasteiger partial charge on any atom is -0.372 e. The van der Waals surface area contributed by atoms with Crippen LogP contribution in [0.25, 0.3) is 23.3 Å². The zero-order valence-electron chi connectivity index (χ0n) is 33.7. The van der Waals surface area contributed by atoms with Gasteiger partial charge in [0.25, 0.3) is 0 Å². The van der Waals surface area contributed by atoms with Crippen molar-refractivity contribution in [3.05, 3.63) is 253 Å². The maximum atomic E-state index is 6.05. The van der Waals surface area contributed by atoms with Gasteiger partial charge in [0, 0.05) is 34.1 Å². The Labute approximate surface area is 354 Å². The Morgan fingerprint density at radius 3 is 0.833 bits per heavy atom. The lowest BCUT2D eigenvalue weighted by Crippen LogP contribution is -2.10. The molecule has 8 aromatic carbocycles. The van der Waals surface area contributed by atoms with Crippen molar-refractivity contribution < 1.29 is 9.47 Å². The Morgan fingerprint density at radius 2 is 0.550 bits per heavy atom. The summed E-state index contributed by atoms with van der Waals surface area (Å²) in [5, 5.41) is 0. The average Bonchev–Trinajstić information content (AvgIpc) is 3.32. The summed E-state index contributed by atoms with van der Waals surface area (Å²) in [5.41, 5.74) is 15.6. The molecule has 0 radical (unpaired) electrons. The van der Waals surface area contributed by atoms with Gasteiger partial charge in [-0.15, -0.1) is 0 Å². The number of hydrogen-bond donors (Lipinski definition) is 0. The lowest BCUT2D eigenvalue weighted by Gasteiger charge is -2.26. The molecule has 0 aromatic heterocycles. The fourth-order valence-corrected chi connectivity index (χ4v) is 7.21. The first kappa shape index (κ1) is 39.6. The normalized spacial score (nSPS) is 10.9. The number of hydrogen-bond acceptors (Lipinski definition) is 4. The van der Waals surface area contributed by atoms with Gasteiger partial charge in [0.1, 0.15) is 0 Å². The molecule has 0 heterocycles. The minimum absolute atomic E-state index is 0.542. The van der Waals surface area contributed by atoms with Crippen LogP contribution in [-0.4, -0.2) is 0 Å². The summed E-state index contributed by atoms with van der Waals surface area (Å²) in [5.74, 6) is 0. The van der Waals surface area contributed by atoms with Gasteiger partial charge in [-0.3, -0.25) is 0 Å². The van der Waals surface area contributed by atoms with E-state index in [-0.39, 0.29) is 0 Å². The summed E-state index contributed by atoms with van der Waals surface area (Å²) in [6, 6.07) is 72.5. The maximum absolute atomic E-state index is 6.05. The summed E-state index contributed by atoms with van der Waals surface area (Å²) >= 11 is 0. The molecule has 8 aromatic rings. The van der Waals surface area contributed by atoms with E-state index < -0.39 is 0 Å². The molecule has 4 nitrogen and oxygen atoms in total. The largest absolute Gasteiger partial charge is 0.372 e. The van der Waals surface area contributed by atoms with Crippen LogP contribution >= 0.6 is 0 Å². The van der Waals surface area contributed by atoms with E-state index in [1.807, 2.05) is 12.2 Å². The Bertz CT molecular complexity index is 2380. The van der Waals surface area contributed by atoms with Crippen molar-refractivity contribution in [3.8, 4) is 11.1 Å². The highest BCUT2D eigenvalue weighted by Gasteiger charge is 2.15. The van der Waals surface area contributed by atoms with E-state index in [4.69, 9.17) is 9.47 Å². The highest BCUT2D eigenvalue weighted by molar-refractivity contribution is 5.80. The standard InChI is InChI=1S/C56H48N2O2/c1-3-43-15-19-45(20-16-43)39-59-41-47-23-31-53(32-24-47)57(51-11-7-5-8-12-51)55-35-27-49(28-36-55)50-29-37-56(38-30-50)58(52-13-9-6-10-14-52)54-33-25-48(26-34-54)42-60-40-46-21-17-44(4-2)18-22-46/h3-38H,1-2,39-42H2. The third-order valence-corrected chi connectivity index (χ3v) is 10.5. The fraction of sp³-hybridized carbons (Fsp3) is 0.0714. The predicted octanol–water partition coefficient (Wildman–Crippen LogP) is 15.0. The molecule has 4 heteroatoms. The number of para-hydroxylation sites is 2. The van der Waals surface area contributed by atoms with Crippen molar-refractivity contribution in [2.24, 2.45) is 0 Å². The van der Waals surface area contributed by atoms with Gasteiger partial charge < -0.3 is 19.3 Å². The van der Waals surface area contributed by atoms with E-state index >= 15 is 0 Å². The molecule has 0 saturated heterocycles. The maximum Gasteiger partial charge on any atom is 0.0721 e. The lowest BCUT2D eigenvalue weighted by molar-refractivity contribution is 0.107. The number of benzene rings is 8. The van der Waals surface area contributed by atoms with Gasteiger partial charge in [-0.2, -0.15) is 0 Å². The lowest BCUT2D eigenvalue weighted by atomic mass is 10.0. The van der Waals surface area contributed by atoms with E-state index in [1.54, 1.807) is 0 Å². The highest BCUT2D eigenvalue weighted by Crippen LogP contribution is 2.38. The monoisotopic (exact) mass is 780 g/mol. The third kappa shape index (κ3) is 9.88. The van der Waals surface area contributed by atoms with Crippen LogP contribution in [0.5, 0.6) is 0 Å². The van der Waals surface area contributed by atoms with Gasteiger partial charge >= 0.3 is 0 Å². The highest BCUT2D eigenvalue weighted by atomic mass is 16.5. The molecule has 0 unspecified atom stereocenters. The van der Waals surface area contributed by atoms with Crippen LogP contribution in [0.3, 0.4) is 0 Å². The van der Waals surface area contributed by atoms with Crippen molar-refractivity contribution in [2.45, 2.75) is 26.4 Å². The second kappa shape index (κ2) is 19.5. The molecule has 0 aliphatic heterocycles. The number of anilines is 6. The number of rotatable bonds is 17. The molecule has 0 aliphatic rings. The van der Waals surface area contributed by atoms with Gasteiger partial charge in [0.2, 0.25) is 0 Å². The molecule has 0 saturated carbocycles. The number of ether oxygens (including phenoxy) is 2. The Hall–Kier alpha value is -7.24. The van der Waals surface area contributed by atoms with Crippen LogP contribution < -0.4 is 9.80 Å². The fourth-order valence-electron chi connectivity index (χ4n) is 7.21. The molecule has 0 bridgehead atoms. The summed E-state index contributed by atoms with van der Waals surface area (Å²) in [6.07, 6.45) is 3.70. The van der Waals surface area contributed by atoms with Crippen LogP contribution in [0, 0.1) is 0 Å². The summed E-state index contributed by atoms with van der Waals surface area (Å²) in [6.45, 7) is 9.88. The van der Waals surface area contributed by atoms with E-state index in [0.29, 0.717) is 26.4 Å². The Balaban J connectivity index is 0.956. The van der Waals surface area contributed by atoms with Crippen molar-refractivity contribution in [1.82, 2.24) is 0 Å². The van der Waals surface area contributed by atoms with Gasteiger partial charge in [-0.05, 0) is 117 Å². The zero-order chi connectivity index (χ0) is 40.9. The van der Waals surface area contributed by atoms with Gasteiger partial charge in [0.05, 0.1) is 26.4 Å². The van der Waals surface area contributed by atoms with Gasteiger partial charge in [0.15, 0.2) is 0 Å². The molecule has 8 rings (SSSR count). The Morgan fingerprint density at radius 1 is 0.300 bits per heavy atom. The van der Waals surface area contributed by atoms with E-state index in [0.717, 1.165) is 78.6 Å². The molecule has 0 fully saturated rings. The van der Waals surface area contributed by atoms with E-state index in [9.17, 15) is 0 Å². The van der Waals surface area contributed by atoms with Gasteiger partial charge in [-0.1, -0.05) is 159 Å². The second-order valence-corrected chi connectivity index (χ2v) is 14.6. The molecule has 0 N–H and O–H groups in total. The zero-order valence-corrected chi connectivity index (χ0v) is 33.7. The predicted molar refractivity (Wildman–Crippen MR) is 251 cm³/mol. The van der Waals surface area contributed by atoms with Crippen molar-refractivity contribution in [3.63, 3.8) is 0 Å². The first-order valence-corrected chi connectivity index (χ1v) is 20.3. The van der Waals surface area contributed by atoms with Crippen LogP contribution in [0.4, 0.5) is 34.1 Å². The SMILES string of the molecule is C=Cc1ccc(COCc2ccc(N(c3ccccc3)c3ccc(-c4ccc(N(c5ccccc5)c5ccc(COCc6ccc(C=C)cc6)cc5)cc4)cc3)cc2)cc1. The Kier molecular flexibility index (Phi) is 12.8. The van der Waals surface area contributed by atoms with Crippen LogP contribution in [0.15, 0.2) is 219 Å². The van der Waals surface area contributed by atoms with Crippen LogP contribution in [0.2, 0.25) is 0 Å². The van der Waals surface area contributed by atoms with E-state index in [2.05, 4.69) is 229 Å². The molecule has 0 atom stereocenters. The van der Waals surface area contributed by atoms with Crippen molar-refractivity contribution in [2.75, 3.05) is 9.80 Å². The topological polar surface area (TPSA) is 24.9 Å². The molecule has 0 aliphatic carbocycles.